The molecule has 0 aliphatic carbocycles. The van der Waals surface area contributed by atoms with Crippen molar-refractivity contribution in [3.63, 3.8) is 0 Å². The van der Waals surface area contributed by atoms with E-state index in [0.29, 0.717) is 24.7 Å². The first-order chi connectivity index (χ1) is 9.38. The maximum Gasteiger partial charge on any atom is 0.268 e. The van der Waals surface area contributed by atoms with Crippen LogP contribution in [0.4, 0.5) is 0 Å². The van der Waals surface area contributed by atoms with E-state index in [1.807, 2.05) is 24.5 Å². The number of carbonyl (C=O) groups excluding carboxylic acids is 1. The smallest absolute Gasteiger partial charge is 0.268 e. The van der Waals surface area contributed by atoms with E-state index in [0.717, 1.165) is 22.4 Å². The molecule has 2 heterocycles. The summed E-state index contributed by atoms with van der Waals surface area (Å²) in [5, 5.41) is 2.95. The van der Waals surface area contributed by atoms with Crippen LogP contribution in [0.2, 0.25) is 0 Å². The number of nitrogens with zero attached hydrogens (tertiary/aromatic N) is 1. The summed E-state index contributed by atoms with van der Waals surface area (Å²) in [7, 11) is 0. The Labute approximate surface area is 119 Å². The lowest BCUT2D eigenvalue weighted by atomic mass is 10.2. The molecule has 0 saturated heterocycles. The van der Waals surface area contributed by atoms with E-state index in [1.54, 1.807) is 6.07 Å². The van der Waals surface area contributed by atoms with Crippen LogP contribution in [0.15, 0.2) is 28.7 Å². The number of hydrogen-bond acceptors (Lipinski definition) is 2. The Morgan fingerprint density at radius 3 is 2.75 bits per heavy atom. The molecule has 0 aromatic carbocycles. The van der Waals surface area contributed by atoms with Gasteiger partial charge in [0.2, 0.25) is 0 Å². The first-order valence-electron chi connectivity index (χ1n) is 6.90. The van der Waals surface area contributed by atoms with Crippen molar-refractivity contribution in [1.29, 1.82) is 0 Å². The number of nitrogens with one attached hydrogen (secondary N) is 1. The van der Waals surface area contributed by atoms with Crippen LogP contribution in [0.1, 0.15) is 37.0 Å². The average Bonchev–Trinajstić information content (AvgIpc) is 2.84. The van der Waals surface area contributed by atoms with Crippen molar-refractivity contribution >= 4 is 17.0 Å². The summed E-state index contributed by atoms with van der Waals surface area (Å²) in [5.74, 6) is 1.21. The van der Waals surface area contributed by atoms with Gasteiger partial charge < -0.3 is 14.3 Å². The Balaban J connectivity index is 2.38. The van der Waals surface area contributed by atoms with Crippen LogP contribution in [-0.2, 0) is 6.54 Å². The Kier molecular flexibility index (Phi) is 4.02. The standard InChI is InChI=1S/C16H22N2O2/c1-10(2)8-17-16(19)14-7-15-13(6-12(5)20-15)18(14)9-11(3)4/h6-7,10H,3,8-9H2,1-2,4-5H3,(H,17,19). The summed E-state index contributed by atoms with van der Waals surface area (Å²) in [4.78, 5) is 12.3. The first kappa shape index (κ1) is 14.4. The highest BCUT2D eigenvalue weighted by Crippen LogP contribution is 2.24. The first-order valence-corrected chi connectivity index (χ1v) is 6.90. The fourth-order valence-corrected chi connectivity index (χ4v) is 2.18. The third-order valence-corrected chi connectivity index (χ3v) is 3.04. The van der Waals surface area contributed by atoms with E-state index in [1.165, 1.54) is 0 Å². The number of carbonyl (C=O) groups is 1. The van der Waals surface area contributed by atoms with Crippen LogP contribution < -0.4 is 5.32 Å². The number of allylic oxidation sites excluding steroid dienone is 1. The SMILES string of the molecule is C=C(C)Cn1c(C(=O)NCC(C)C)cc2oc(C)cc21. The molecule has 0 spiro atoms. The Hall–Kier alpha value is -1.97. The zero-order chi connectivity index (χ0) is 14.9. The second-order valence-electron chi connectivity index (χ2n) is 5.78. The van der Waals surface area contributed by atoms with Gasteiger partial charge in [-0.25, -0.2) is 0 Å². The van der Waals surface area contributed by atoms with E-state index >= 15 is 0 Å². The largest absolute Gasteiger partial charge is 0.460 e. The minimum atomic E-state index is -0.0657. The van der Waals surface area contributed by atoms with Crippen LogP contribution in [0.5, 0.6) is 0 Å². The molecule has 4 heteroatoms. The molecule has 0 bridgehead atoms. The molecule has 0 radical (unpaired) electrons. The zero-order valence-electron chi connectivity index (χ0n) is 12.6. The van der Waals surface area contributed by atoms with Gasteiger partial charge in [-0.1, -0.05) is 26.0 Å². The summed E-state index contributed by atoms with van der Waals surface area (Å²) < 4.78 is 7.58. The highest BCUT2D eigenvalue weighted by atomic mass is 16.3. The van der Waals surface area contributed by atoms with Crippen molar-refractivity contribution in [3.8, 4) is 0 Å². The van der Waals surface area contributed by atoms with Gasteiger partial charge in [0.1, 0.15) is 11.5 Å². The Morgan fingerprint density at radius 2 is 2.15 bits per heavy atom. The van der Waals surface area contributed by atoms with Crippen LogP contribution in [0, 0.1) is 12.8 Å². The monoisotopic (exact) mass is 274 g/mol. The van der Waals surface area contributed by atoms with Gasteiger partial charge in [0.15, 0.2) is 5.58 Å². The van der Waals surface area contributed by atoms with Crippen LogP contribution in [0.25, 0.3) is 11.1 Å². The number of furan rings is 1. The van der Waals surface area contributed by atoms with Gasteiger partial charge in [0.05, 0.1) is 5.52 Å². The number of aromatic nitrogens is 1. The molecule has 0 aliphatic heterocycles. The third kappa shape index (κ3) is 2.95. The van der Waals surface area contributed by atoms with E-state index in [-0.39, 0.29) is 5.91 Å². The molecule has 2 rings (SSSR count). The molecule has 2 aromatic heterocycles. The predicted octanol–water partition coefficient (Wildman–Crippen LogP) is 3.50. The quantitative estimate of drug-likeness (QED) is 0.848. The summed E-state index contributed by atoms with van der Waals surface area (Å²) >= 11 is 0. The summed E-state index contributed by atoms with van der Waals surface area (Å²) in [6.45, 7) is 13.2. The van der Waals surface area contributed by atoms with Gasteiger partial charge in [-0.05, 0) is 19.8 Å². The molecule has 0 fully saturated rings. The van der Waals surface area contributed by atoms with E-state index in [9.17, 15) is 4.79 Å². The molecule has 4 nitrogen and oxygen atoms in total. The number of rotatable bonds is 5. The minimum absolute atomic E-state index is 0.0657. The zero-order valence-corrected chi connectivity index (χ0v) is 12.6. The molecule has 0 saturated carbocycles. The normalized spacial score (nSPS) is 11.2. The molecular formula is C16H22N2O2. The molecule has 0 aliphatic rings. The Bertz CT molecular complexity index is 647. The molecule has 1 amide bonds. The van der Waals surface area contributed by atoms with Gasteiger partial charge in [-0.15, -0.1) is 0 Å². The summed E-state index contributed by atoms with van der Waals surface area (Å²) in [6.07, 6.45) is 0. The van der Waals surface area contributed by atoms with Crippen LogP contribution >= 0.6 is 0 Å². The Morgan fingerprint density at radius 1 is 1.45 bits per heavy atom. The number of fused-ring (bicyclic) bond motifs is 1. The van der Waals surface area contributed by atoms with Gasteiger partial charge in [-0.2, -0.15) is 0 Å². The van der Waals surface area contributed by atoms with E-state index in [2.05, 4.69) is 25.7 Å². The topological polar surface area (TPSA) is 47.2 Å². The van der Waals surface area contributed by atoms with Crippen molar-refractivity contribution in [3.05, 3.63) is 35.7 Å². The van der Waals surface area contributed by atoms with Crippen molar-refractivity contribution < 1.29 is 9.21 Å². The fourth-order valence-electron chi connectivity index (χ4n) is 2.18. The van der Waals surface area contributed by atoms with Crippen molar-refractivity contribution in [2.75, 3.05) is 6.54 Å². The molecule has 108 valence electrons. The molecule has 20 heavy (non-hydrogen) atoms. The van der Waals surface area contributed by atoms with Crippen LogP contribution in [0.3, 0.4) is 0 Å². The highest BCUT2D eigenvalue weighted by Gasteiger charge is 2.18. The number of hydrogen-bond donors (Lipinski definition) is 1. The lowest BCUT2D eigenvalue weighted by Crippen LogP contribution is -2.29. The van der Waals surface area contributed by atoms with Gasteiger partial charge in [0, 0.05) is 25.2 Å². The number of amides is 1. The molecule has 0 atom stereocenters. The second-order valence-corrected chi connectivity index (χ2v) is 5.78. The van der Waals surface area contributed by atoms with Gasteiger partial charge in [-0.3, -0.25) is 4.79 Å². The highest BCUT2D eigenvalue weighted by molar-refractivity contribution is 5.97. The molecule has 0 unspecified atom stereocenters. The van der Waals surface area contributed by atoms with Crippen molar-refractivity contribution in [2.24, 2.45) is 5.92 Å². The minimum Gasteiger partial charge on any atom is -0.460 e. The van der Waals surface area contributed by atoms with Crippen molar-refractivity contribution in [2.45, 2.75) is 34.2 Å². The molecular weight excluding hydrogens is 252 g/mol. The van der Waals surface area contributed by atoms with E-state index in [4.69, 9.17) is 4.42 Å². The average molecular weight is 274 g/mol. The second kappa shape index (κ2) is 5.57. The lowest BCUT2D eigenvalue weighted by molar-refractivity contribution is 0.0940. The predicted molar refractivity (Wildman–Crippen MR) is 80.9 cm³/mol. The maximum absolute atomic E-state index is 12.3. The van der Waals surface area contributed by atoms with Crippen molar-refractivity contribution in [1.82, 2.24) is 9.88 Å². The van der Waals surface area contributed by atoms with Crippen LogP contribution in [-0.4, -0.2) is 17.0 Å². The summed E-state index contributed by atoms with van der Waals surface area (Å²) in [6, 6.07) is 3.76. The molecule has 2 aromatic rings. The van der Waals surface area contributed by atoms with Gasteiger partial charge >= 0.3 is 0 Å². The van der Waals surface area contributed by atoms with E-state index < -0.39 is 0 Å². The fraction of sp³-hybridized carbons (Fsp3) is 0.438. The maximum atomic E-state index is 12.3. The number of aryl methyl sites for hydroxylation is 1. The summed E-state index contributed by atoms with van der Waals surface area (Å²) in [5.41, 5.74) is 3.32. The third-order valence-electron chi connectivity index (χ3n) is 3.04. The lowest BCUT2D eigenvalue weighted by Gasteiger charge is -2.11. The molecule has 1 N–H and O–H groups in total. The van der Waals surface area contributed by atoms with Gasteiger partial charge in [0.25, 0.3) is 5.91 Å².